The van der Waals surface area contributed by atoms with Gasteiger partial charge >= 0.3 is 0 Å². The summed E-state index contributed by atoms with van der Waals surface area (Å²) in [6, 6.07) is 9.59. The first kappa shape index (κ1) is 25.0. The van der Waals surface area contributed by atoms with Crippen LogP contribution in [0, 0.1) is 13.8 Å². The van der Waals surface area contributed by atoms with Crippen molar-refractivity contribution < 1.29 is 26.4 Å². The number of aryl methyl sites for hydroxylation is 2. The van der Waals surface area contributed by atoms with Crippen molar-refractivity contribution in [2.24, 2.45) is 0 Å². The third-order valence-corrected chi connectivity index (χ3v) is 8.49. The summed E-state index contributed by atoms with van der Waals surface area (Å²) in [4.78, 5) is 12.9. The van der Waals surface area contributed by atoms with Gasteiger partial charge in [-0.3, -0.25) is 9.10 Å². The van der Waals surface area contributed by atoms with Crippen LogP contribution in [0.3, 0.4) is 0 Å². The summed E-state index contributed by atoms with van der Waals surface area (Å²) < 4.78 is 58.5. The molecule has 0 saturated carbocycles. The van der Waals surface area contributed by atoms with Crippen molar-refractivity contribution in [2.75, 3.05) is 42.6 Å². The molecule has 0 unspecified atom stereocenters. The molecule has 1 N–H and O–H groups in total. The minimum Gasteiger partial charge on any atom is -0.495 e. The smallest absolute Gasteiger partial charge is 0.245 e. The zero-order chi connectivity index (χ0) is 24.4. The quantitative estimate of drug-likeness (QED) is 0.602. The molecule has 33 heavy (non-hydrogen) atoms. The summed E-state index contributed by atoms with van der Waals surface area (Å²) >= 11 is 0. The fraction of sp³-hybridized carbons (Fsp3) is 0.409. The predicted octanol–water partition coefficient (Wildman–Crippen LogP) is 2.50. The van der Waals surface area contributed by atoms with Gasteiger partial charge in [0.05, 0.1) is 29.6 Å². The molecule has 11 heteroatoms. The van der Waals surface area contributed by atoms with Gasteiger partial charge in [-0.05, 0) is 62.1 Å². The average molecular weight is 496 g/mol. The summed E-state index contributed by atoms with van der Waals surface area (Å²) in [5.41, 5.74) is 2.11. The molecule has 180 valence electrons. The average Bonchev–Trinajstić information content (AvgIpc) is 3.29. The molecule has 1 aliphatic rings. The molecule has 1 saturated heterocycles. The molecule has 9 nitrogen and oxygen atoms in total. The van der Waals surface area contributed by atoms with Gasteiger partial charge in [-0.15, -0.1) is 0 Å². The van der Waals surface area contributed by atoms with E-state index in [1.165, 1.54) is 29.6 Å². The number of carbonyl (C=O) groups excluding carboxylic acids is 1. The van der Waals surface area contributed by atoms with E-state index in [-0.39, 0.29) is 16.3 Å². The Morgan fingerprint density at radius 2 is 1.73 bits per heavy atom. The standard InChI is InChI=1S/C22H29N3O6S2/c1-16-7-8-17(2)20(13-16)25(32(4,27)28)15-22(26)23-19-14-18(9-10-21(19)31-3)33(29,30)24-11-5-6-12-24/h7-10,13-14H,5-6,11-12,15H2,1-4H3,(H,23,26). The number of carbonyl (C=O) groups is 1. The summed E-state index contributed by atoms with van der Waals surface area (Å²) in [6.07, 6.45) is 2.64. The number of methoxy groups -OCH3 is 1. The summed E-state index contributed by atoms with van der Waals surface area (Å²) in [5, 5.41) is 2.62. The van der Waals surface area contributed by atoms with Crippen LogP contribution in [0.25, 0.3) is 0 Å². The van der Waals surface area contributed by atoms with Crippen molar-refractivity contribution in [3.63, 3.8) is 0 Å². The van der Waals surface area contributed by atoms with Crippen LogP contribution in [0.1, 0.15) is 24.0 Å². The molecule has 2 aromatic rings. The number of hydrogen-bond acceptors (Lipinski definition) is 6. The number of rotatable bonds is 8. The molecule has 0 radical (unpaired) electrons. The number of ether oxygens (including phenoxy) is 1. The number of anilines is 2. The molecule has 1 amide bonds. The molecular weight excluding hydrogens is 466 g/mol. The number of sulfonamides is 2. The van der Waals surface area contributed by atoms with Gasteiger partial charge in [0.2, 0.25) is 26.0 Å². The van der Waals surface area contributed by atoms with Crippen molar-refractivity contribution in [3.8, 4) is 5.75 Å². The van der Waals surface area contributed by atoms with Crippen LogP contribution in [0.4, 0.5) is 11.4 Å². The van der Waals surface area contributed by atoms with Gasteiger partial charge in [-0.1, -0.05) is 12.1 Å². The van der Waals surface area contributed by atoms with Crippen molar-refractivity contribution in [3.05, 3.63) is 47.5 Å². The lowest BCUT2D eigenvalue weighted by Gasteiger charge is -2.24. The number of nitrogens with one attached hydrogen (secondary N) is 1. The molecule has 0 aromatic heterocycles. The van der Waals surface area contributed by atoms with Crippen molar-refractivity contribution >= 4 is 37.3 Å². The number of benzene rings is 2. The lowest BCUT2D eigenvalue weighted by atomic mass is 10.1. The molecule has 3 rings (SSSR count). The van der Waals surface area contributed by atoms with Crippen molar-refractivity contribution in [1.29, 1.82) is 0 Å². The van der Waals surface area contributed by atoms with Gasteiger partial charge in [0.25, 0.3) is 0 Å². The van der Waals surface area contributed by atoms with E-state index in [1.54, 1.807) is 19.1 Å². The van der Waals surface area contributed by atoms with E-state index in [2.05, 4.69) is 5.32 Å². The normalized spacial score (nSPS) is 14.8. The maximum absolute atomic E-state index is 12.9. The zero-order valence-electron chi connectivity index (χ0n) is 19.2. The Kier molecular flexibility index (Phi) is 7.35. The summed E-state index contributed by atoms with van der Waals surface area (Å²) in [5.74, 6) is -0.364. The minimum absolute atomic E-state index is 0.0370. The van der Waals surface area contributed by atoms with Gasteiger partial charge in [-0.2, -0.15) is 4.31 Å². The van der Waals surface area contributed by atoms with Crippen LogP contribution in [0.5, 0.6) is 5.75 Å². The van der Waals surface area contributed by atoms with Crippen LogP contribution >= 0.6 is 0 Å². The van der Waals surface area contributed by atoms with E-state index in [0.29, 0.717) is 24.3 Å². The third kappa shape index (κ3) is 5.66. The van der Waals surface area contributed by atoms with Crippen LogP contribution < -0.4 is 14.4 Å². The Labute approximate surface area is 195 Å². The van der Waals surface area contributed by atoms with E-state index in [9.17, 15) is 21.6 Å². The fourth-order valence-electron chi connectivity index (χ4n) is 3.71. The highest BCUT2D eigenvalue weighted by atomic mass is 32.2. The predicted molar refractivity (Wildman–Crippen MR) is 128 cm³/mol. The minimum atomic E-state index is -3.76. The molecule has 0 bridgehead atoms. The van der Waals surface area contributed by atoms with Crippen LogP contribution in [0.2, 0.25) is 0 Å². The second-order valence-corrected chi connectivity index (χ2v) is 11.9. The molecule has 2 aromatic carbocycles. The molecule has 1 aliphatic heterocycles. The SMILES string of the molecule is COc1ccc(S(=O)(=O)N2CCCC2)cc1NC(=O)CN(c1cc(C)ccc1C)S(C)(=O)=O. The largest absolute Gasteiger partial charge is 0.495 e. The Hall–Kier alpha value is -2.63. The highest BCUT2D eigenvalue weighted by Crippen LogP contribution is 2.30. The second-order valence-electron chi connectivity index (χ2n) is 8.08. The lowest BCUT2D eigenvalue weighted by molar-refractivity contribution is -0.114. The monoisotopic (exact) mass is 495 g/mol. The second kappa shape index (κ2) is 9.70. The summed E-state index contributed by atoms with van der Waals surface area (Å²) in [6.45, 7) is 4.03. The highest BCUT2D eigenvalue weighted by molar-refractivity contribution is 7.92. The molecule has 0 atom stereocenters. The fourth-order valence-corrected chi connectivity index (χ4v) is 6.16. The van der Waals surface area contributed by atoms with Gasteiger partial charge < -0.3 is 10.1 Å². The van der Waals surface area contributed by atoms with E-state index in [4.69, 9.17) is 4.74 Å². The van der Waals surface area contributed by atoms with Gasteiger partial charge in [0.15, 0.2) is 0 Å². The van der Waals surface area contributed by atoms with Crippen LogP contribution in [-0.4, -0.2) is 60.0 Å². The van der Waals surface area contributed by atoms with E-state index >= 15 is 0 Å². The van der Waals surface area contributed by atoms with Crippen molar-refractivity contribution in [1.82, 2.24) is 4.31 Å². The number of amides is 1. The van der Waals surface area contributed by atoms with E-state index < -0.39 is 32.5 Å². The number of nitrogens with zero attached hydrogens (tertiary/aromatic N) is 2. The van der Waals surface area contributed by atoms with E-state index in [0.717, 1.165) is 29.0 Å². The molecule has 1 fully saturated rings. The van der Waals surface area contributed by atoms with Crippen molar-refractivity contribution in [2.45, 2.75) is 31.6 Å². The number of hydrogen-bond donors (Lipinski definition) is 1. The molecule has 0 aliphatic carbocycles. The third-order valence-electron chi connectivity index (χ3n) is 5.47. The maximum atomic E-state index is 12.9. The Bertz CT molecular complexity index is 1250. The lowest BCUT2D eigenvalue weighted by Crippen LogP contribution is -2.38. The summed E-state index contributed by atoms with van der Waals surface area (Å²) in [7, 11) is -6.06. The highest BCUT2D eigenvalue weighted by Gasteiger charge is 2.28. The Morgan fingerprint density at radius 3 is 2.33 bits per heavy atom. The van der Waals surface area contributed by atoms with E-state index in [1.807, 2.05) is 13.0 Å². The van der Waals surface area contributed by atoms with Gasteiger partial charge in [0, 0.05) is 13.1 Å². The topological polar surface area (TPSA) is 113 Å². The van der Waals surface area contributed by atoms with Crippen LogP contribution in [-0.2, 0) is 24.8 Å². The molecule has 0 spiro atoms. The first-order valence-corrected chi connectivity index (χ1v) is 13.8. The zero-order valence-corrected chi connectivity index (χ0v) is 20.8. The molecule has 1 heterocycles. The Balaban J connectivity index is 1.90. The Morgan fingerprint density at radius 1 is 1.06 bits per heavy atom. The first-order valence-electron chi connectivity index (χ1n) is 10.5. The molecular formula is C22H29N3O6S2. The maximum Gasteiger partial charge on any atom is 0.245 e. The van der Waals surface area contributed by atoms with Gasteiger partial charge in [-0.25, -0.2) is 16.8 Å². The van der Waals surface area contributed by atoms with Gasteiger partial charge in [0.1, 0.15) is 12.3 Å². The van der Waals surface area contributed by atoms with Crippen LogP contribution in [0.15, 0.2) is 41.3 Å². The first-order chi connectivity index (χ1) is 15.4.